The summed E-state index contributed by atoms with van der Waals surface area (Å²) in [5.74, 6) is 0.919. The van der Waals surface area contributed by atoms with Crippen LogP contribution in [0.3, 0.4) is 0 Å². The molecule has 3 rings (SSSR count). The summed E-state index contributed by atoms with van der Waals surface area (Å²) < 4.78 is 11.0. The zero-order valence-corrected chi connectivity index (χ0v) is 18.8. The maximum Gasteiger partial charge on any atom is 0.247 e. The Bertz CT molecular complexity index is 946. The zero-order valence-electron chi connectivity index (χ0n) is 18.0. The molecule has 8 heteroatoms. The minimum Gasteiger partial charge on any atom is -0.495 e. The first-order valence-corrected chi connectivity index (χ1v) is 11.2. The van der Waals surface area contributed by atoms with Gasteiger partial charge in [-0.25, -0.2) is 4.90 Å². The maximum absolute atomic E-state index is 13.0. The number of nitrogens with one attached hydrogen (secondary N) is 1. The number of thioether (sulfide) groups is 1. The van der Waals surface area contributed by atoms with Gasteiger partial charge in [-0.15, -0.1) is 0 Å². The number of nitrogens with zero attached hydrogens (tertiary/aromatic N) is 2. The molecule has 1 saturated heterocycles. The first-order valence-electron chi connectivity index (χ1n) is 10.3. The predicted molar refractivity (Wildman–Crippen MR) is 125 cm³/mol. The second-order valence-electron chi connectivity index (χ2n) is 6.83. The van der Waals surface area contributed by atoms with Crippen LogP contribution in [-0.4, -0.2) is 42.5 Å². The van der Waals surface area contributed by atoms with Gasteiger partial charge in [0.25, 0.3) is 0 Å². The number of methoxy groups -OCH3 is 1. The van der Waals surface area contributed by atoms with E-state index in [0.29, 0.717) is 35.5 Å². The molecule has 0 bridgehead atoms. The van der Waals surface area contributed by atoms with Crippen molar-refractivity contribution in [2.24, 2.45) is 4.99 Å². The Labute approximate surface area is 186 Å². The highest BCUT2D eigenvalue weighted by Gasteiger charge is 2.40. The highest BCUT2D eigenvalue weighted by atomic mass is 32.2. The Balaban J connectivity index is 1.72. The van der Waals surface area contributed by atoms with Crippen LogP contribution in [0.5, 0.6) is 11.5 Å². The van der Waals surface area contributed by atoms with E-state index < -0.39 is 5.25 Å². The van der Waals surface area contributed by atoms with E-state index in [1.165, 1.54) is 16.7 Å². The Morgan fingerprint density at radius 3 is 2.58 bits per heavy atom. The van der Waals surface area contributed by atoms with Crippen molar-refractivity contribution < 1.29 is 19.1 Å². The zero-order chi connectivity index (χ0) is 22.2. The highest BCUT2D eigenvalue weighted by molar-refractivity contribution is 8.15. The number of amides is 2. The van der Waals surface area contributed by atoms with E-state index in [9.17, 15) is 9.59 Å². The molecule has 31 heavy (non-hydrogen) atoms. The number of anilines is 2. The summed E-state index contributed by atoms with van der Waals surface area (Å²) in [5, 5.41) is 3.26. The van der Waals surface area contributed by atoms with Gasteiger partial charge in [0.15, 0.2) is 5.17 Å². The van der Waals surface area contributed by atoms with Gasteiger partial charge in [-0.1, -0.05) is 30.8 Å². The average Bonchev–Trinajstić information content (AvgIpc) is 3.06. The normalized spacial score (nSPS) is 16.5. The van der Waals surface area contributed by atoms with E-state index in [2.05, 4.69) is 10.3 Å². The van der Waals surface area contributed by atoms with E-state index in [1.54, 1.807) is 31.4 Å². The predicted octanol–water partition coefficient (Wildman–Crippen LogP) is 4.34. The largest absolute Gasteiger partial charge is 0.495 e. The number of hydrogen-bond donors (Lipinski definition) is 1. The quantitative estimate of drug-likeness (QED) is 0.373. The number of aliphatic imine (C=N–C) groups is 1. The number of carbonyl (C=O) groups excluding carboxylic acids is 2. The fourth-order valence-electron chi connectivity index (χ4n) is 3.13. The van der Waals surface area contributed by atoms with Crippen LogP contribution in [0.15, 0.2) is 53.5 Å². The second kappa shape index (κ2) is 10.9. The van der Waals surface area contributed by atoms with Crippen molar-refractivity contribution in [1.29, 1.82) is 0 Å². The molecule has 1 fully saturated rings. The Hall–Kier alpha value is -3.00. The van der Waals surface area contributed by atoms with Crippen molar-refractivity contribution in [2.45, 2.75) is 31.9 Å². The van der Waals surface area contributed by atoms with Crippen LogP contribution >= 0.6 is 11.8 Å². The van der Waals surface area contributed by atoms with Crippen LogP contribution in [0.2, 0.25) is 0 Å². The van der Waals surface area contributed by atoms with Crippen LogP contribution < -0.4 is 19.7 Å². The van der Waals surface area contributed by atoms with Gasteiger partial charge in [-0.3, -0.25) is 14.6 Å². The number of hydrogen-bond acceptors (Lipinski definition) is 6. The molecule has 0 unspecified atom stereocenters. The number of carbonyl (C=O) groups is 2. The third-order valence-electron chi connectivity index (χ3n) is 4.58. The molecule has 0 aromatic heterocycles. The van der Waals surface area contributed by atoms with Gasteiger partial charge >= 0.3 is 0 Å². The maximum atomic E-state index is 13.0. The highest BCUT2D eigenvalue weighted by Crippen LogP contribution is 2.32. The first kappa shape index (κ1) is 22.7. The number of ether oxygens (including phenoxy) is 2. The minimum atomic E-state index is -0.545. The van der Waals surface area contributed by atoms with Crippen molar-refractivity contribution in [1.82, 2.24) is 0 Å². The molecule has 2 amide bonds. The topological polar surface area (TPSA) is 80.2 Å². The standard InChI is InChI=1S/C23H27N3O4S/c1-4-14-30-17-12-10-16(11-13-17)26-21(27)15-20(22(26)28)31-23(24-5-2)25-18-8-6-7-9-19(18)29-3/h6-13,20H,4-5,14-15H2,1-3H3,(H,24,25)/t20-/m0/s1. The number of benzene rings is 2. The fourth-order valence-corrected chi connectivity index (χ4v) is 4.20. The fraction of sp³-hybridized carbons (Fsp3) is 0.348. The van der Waals surface area contributed by atoms with Gasteiger partial charge in [0.2, 0.25) is 11.8 Å². The van der Waals surface area contributed by atoms with E-state index in [0.717, 1.165) is 12.1 Å². The lowest BCUT2D eigenvalue weighted by atomic mass is 10.3. The van der Waals surface area contributed by atoms with Crippen LogP contribution in [0.1, 0.15) is 26.7 Å². The minimum absolute atomic E-state index is 0.119. The summed E-state index contributed by atoms with van der Waals surface area (Å²) in [4.78, 5) is 31.4. The molecule has 0 saturated carbocycles. The smallest absolute Gasteiger partial charge is 0.247 e. The molecule has 2 aromatic rings. The molecule has 7 nitrogen and oxygen atoms in total. The lowest BCUT2D eigenvalue weighted by Crippen LogP contribution is -2.31. The van der Waals surface area contributed by atoms with Crippen molar-refractivity contribution >= 4 is 40.1 Å². The van der Waals surface area contributed by atoms with Gasteiger partial charge in [-0.05, 0) is 49.7 Å². The molecule has 2 aromatic carbocycles. The SMILES string of the molecule is CCCOc1ccc(N2C(=O)C[C@H](SC(=NCC)Nc3ccccc3OC)C2=O)cc1. The summed E-state index contributed by atoms with van der Waals surface area (Å²) in [7, 11) is 1.60. The third kappa shape index (κ3) is 5.58. The van der Waals surface area contributed by atoms with Gasteiger partial charge < -0.3 is 14.8 Å². The Morgan fingerprint density at radius 2 is 1.90 bits per heavy atom. The molecule has 1 N–H and O–H groups in total. The Morgan fingerprint density at radius 1 is 1.16 bits per heavy atom. The van der Waals surface area contributed by atoms with E-state index in [1.807, 2.05) is 38.1 Å². The molecular formula is C23H27N3O4S. The molecule has 1 aliphatic heterocycles. The molecule has 1 aliphatic rings. The first-order chi connectivity index (χ1) is 15.1. The van der Waals surface area contributed by atoms with Crippen LogP contribution in [-0.2, 0) is 9.59 Å². The third-order valence-corrected chi connectivity index (χ3v) is 5.68. The van der Waals surface area contributed by atoms with Gasteiger partial charge in [-0.2, -0.15) is 0 Å². The van der Waals surface area contributed by atoms with Crippen molar-refractivity contribution in [3.05, 3.63) is 48.5 Å². The number of rotatable bonds is 8. The lowest BCUT2D eigenvalue weighted by molar-refractivity contribution is -0.121. The van der Waals surface area contributed by atoms with Crippen molar-refractivity contribution in [3.63, 3.8) is 0 Å². The summed E-state index contributed by atoms with van der Waals surface area (Å²) in [6.07, 6.45) is 1.03. The molecule has 0 spiro atoms. The van der Waals surface area contributed by atoms with E-state index in [4.69, 9.17) is 9.47 Å². The van der Waals surface area contributed by atoms with Crippen molar-refractivity contribution in [2.75, 3.05) is 30.5 Å². The number of para-hydroxylation sites is 2. The van der Waals surface area contributed by atoms with Gasteiger partial charge in [0.1, 0.15) is 16.7 Å². The summed E-state index contributed by atoms with van der Waals surface area (Å²) >= 11 is 1.26. The number of imide groups is 1. The summed E-state index contributed by atoms with van der Waals surface area (Å²) in [6.45, 7) is 5.12. The summed E-state index contributed by atoms with van der Waals surface area (Å²) in [6, 6.07) is 14.5. The summed E-state index contributed by atoms with van der Waals surface area (Å²) in [5.41, 5.74) is 1.30. The monoisotopic (exact) mass is 441 g/mol. The van der Waals surface area contributed by atoms with Gasteiger partial charge in [0, 0.05) is 13.0 Å². The molecule has 0 aliphatic carbocycles. The van der Waals surface area contributed by atoms with Crippen LogP contribution in [0.25, 0.3) is 0 Å². The van der Waals surface area contributed by atoms with Crippen LogP contribution in [0.4, 0.5) is 11.4 Å². The number of amidine groups is 1. The molecule has 1 heterocycles. The van der Waals surface area contributed by atoms with Gasteiger partial charge in [0.05, 0.1) is 25.1 Å². The average molecular weight is 442 g/mol. The lowest BCUT2D eigenvalue weighted by Gasteiger charge is -2.17. The molecule has 164 valence electrons. The van der Waals surface area contributed by atoms with Crippen LogP contribution in [0, 0.1) is 0 Å². The molecule has 1 atom stereocenters. The van der Waals surface area contributed by atoms with E-state index in [-0.39, 0.29) is 18.2 Å². The van der Waals surface area contributed by atoms with E-state index >= 15 is 0 Å². The Kier molecular flexibility index (Phi) is 7.94. The van der Waals surface area contributed by atoms with Crippen molar-refractivity contribution in [3.8, 4) is 11.5 Å². The second-order valence-corrected chi connectivity index (χ2v) is 8.02. The molecular weight excluding hydrogens is 414 g/mol. The molecule has 0 radical (unpaired) electrons.